The summed E-state index contributed by atoms with van der Waals surface area (Å²) in [5.41, 5.74) is 27.8. The Kier molecular flexibility index (Phi) is 12.5. The Balaban J connectivity index is 0.706. The van der Waals surface area contributed by atoms with Crippen LogP contribution in [-0.4, -0.2) is 9.55 Å². The number of pyridine rings is 1. The second kappa shape index (κ2) is 21.4. The number of para-hydroxylation sites is 2. The molecule has 3 aromatic heterocycles. The second-order valence-electron chi connectivity index (χ2n) is 22.3. The van der Waals surface area contributed by atoms with Crippen molar-refractivity contribution in [3.63, 3.8) is 0 Å². The second-order valence-corrected chi connectivity index (χ2v) is 22.3. The van der Waals surface area contributed by atoms with Crippen molar-refractivity contribution in [1.29, 1.82) is 0 Å². The number of furan rings is 1. The highest BCUT2D eigenvalue weighted by atomic mass is 16.3. The average Bonchev–Trinajstić information content (AvgIpc) is 3.05. The number of nitrogens with zero attached hydrogens (tertiary/aromatic N) is 2. The predicted molar refractivity (Wildman–Crippen MR) is 360 cm³/mol. The minimum Gasteiger partial charge on any atom is -0.455 e. The van der Waals surface area contributed by atoms with Gasteiger partial charge in [0.1, 0.15) is 11.2 Å². The van der Waals surface area contributed by atoms with E-state index in [4.69, 9.17) is 9.40 Å². The van der Waals surface area contributed by atoms with E-state index >= 15 is 0 Å². The number of hydrogen-bond acceptors (Lipinski definition) is 2. The third-order valence-corrected chi connectivity index (χ3v) is 17.0. The minimum absolute atomic E-state index is 0.875. The van der Waals surface area contributed by atoms with E-state index in [-0.39, 0.29) is 0 Å². The lowest BCUT2D eigenvalue weighted by Crippen LogP contribution is -1.94. The largest absolute Gasteiger partial charge is 0.455 e. The molecule has 0 aliphatic carbocycles. The van der Waals surface area contributed by atoms with Crippen molar-refractivity contribution in [3.8, 4) is 117 Å². The fraction of sp³-hybridized carbons (Fsp3) is 0. The summed E-state index contributed by atoms with van der Waals surface area (Å²) in [5.74, 6) is 0. The van der Waals surface area contributed by atoms with Crippen LogP contribution in [0.25, 0.3) is 161 Å². The van der Waals surface area contributed by atoms with Crippen molar-refractivity contribution >= 4 is 43.7 Å². The lowest BCUT2D eigenvalue weighted by atomic mass is 9.92. The van der Waals surface area contributed by atoms with Gasteiger partial charge in [0.2, 0.25) is 0 Å². The molecule has 0 radical (unpaired) electrons. The molecule has 16 aromatic rings. The van der Waals surface area contributed by atoms with Gasteiger partial charge in [-0.15, -0.1) is 0 Å². The highest BCUT2D eigenvalue weighted by Crippen LogP contribution is 2.43. The van der Waals surface area contributed by atoms with Crippen LogP contribution < -0.4 is 0 Å². The van der Waals surface area contributed by atoms with Crippen LogP contribution in [0, 0.1) is 0 Å². The lowest BCUT2D eigenvalue weighted by molar-refractivity contribution is 0.670. The summed E-state index contributed by atoms with van der Waals surface area (Å²) in [6.45, 7) is 0. The Labute approximate surface area is 499 Å². The Hall–Kier alpha value is -11.4. The van der Waals surface area contributed by atoms with Crippen molar-refractivity contribution in [2.75, 3.05) is 0 Å². The normalized spacial score (nSPS) is 11.5. The fourth-order valence-corrected chi connectivity index (χ4v) is 12.6. The van der Waals surface area contributed by atoms with Gasteiger partial charge in [-0.2, -0.15) is 0 Å². The molecular formula is C83H54N2O. The fourth-order valence-electron chi connectivity index (χ4n) is 12.6. The zero-order valence-electron chi connectivity index (χ0n) is 47.0. The third-order valence-electron chi connectivity index (χ3n) is 17.0. The standard InChI is InChI=1S/C83H54N2O/c1-4-18-55(19-5-1)61-24-14-27-64(46-61)65-28-17-29-66(49-65)69-42-45-81-76(50-69)73-32-10-12-34-80(73)85(81)72-43-40-57(41-44-72)63-26-15-30-67(47-63)70-51-75(83-77(52-70)74-33-11-13-35-82(74)86-83)58-38-36-56(37-39-58)62-25-16-31-68(48-62)71-53-78(59-20-6-2-7-21-59)84-79(54-71)60-22-8-3-9-23-60/h1-54H. The molecule has 0 saturated carbocycles. The molecule has 3 heterocycles. The maximum atomic E-state index is 6.73. The highest BCUT2D eigenvalue weighted by molar-refractivity contribution is 6.12. The van der Waals surface area contributed by atoms with Gasteiger partial charge in [0.25, 0.3) is 0 Å². The molecule has 0 bridgehead atoms. The summed E-state index contributed by atoms with van der Waals surface area (Å²) >= 11 is 0. The highest BCUT2D eigenvalue weighted by Gasteiger charge is 2.19. The van der Waals surface area contributed by atoms with Crippen LogP contribution in [0.1, 0.15) is 0 Å². The summed E-state index contributed by atoms with van der Waals surface area (Å²) in [5, 5.41) is 4.65. The Morgan fingerprint density at radius 1 is 0.221 bits per heavy atom. The number of aromatic nitrogens is 2. The van der Waals surface area contributed by atoms with Gasteiger partial charge in [-0.25, -0.2) is 4.98 Å². The summed E-state index contributed by atoms with van der Waals surface area (Å²) in [6.07, 6.45) is 0. The van der Waals surface area contributed by atoms with Gasteiger partial charge in [0.05, 0.1) is 22.4 Å². The monoisotopic (exact) mass is 1090 g/mol. The first kappa shape index (κ1) is 50.3. The quantitative estimate of drug-likeness (QED) is 0.129. The number of benzene rings is 13. The van der Waals surface area contributed by atoms with Crippen molar-refractivity contribution in [1.82, 2.24) is 9.55 Å². The predicted octanol–water partition coefficient (Wildman–Crippen LogP) is 22.7. The van der Waals surface area contributed by atoms with Crippen LogP contribution in [0.15, 0.2) is 332 Å². The molecule has 0 aliphatic heterocycles. The van der Waals surface area contributed by atoms with Crippen LogP contribution in [0.5, 0.6) is 0 Å². The Morgan fingerprint density at radius 3 is 1.15 bits per heavy atom. The van der Waals surface area contributed by atoms with Crippen LogP contribution >= 0.6 is 0 Å². The molecule has 86 heavy (non-hydrogen) atoms. The molecule has 16 rings (SSSR count). The zero-order valence-corrected chi connectivity index (χ0v) is 47.0. The zero-order chi connectivity index (χ0) is 56.9. The van der Waals surface area contributed by atoms with E-state index < -0.39 is 0 Å². The lowest BCUT2D eigenvalue weighted by Gasteiger charge is -2.13. The van der Waals surface area contributed by atoms with Crippen LogP contribution in [0.4, 0.5) is 0 Å². The molecule has 3 heteroatoms. The van der Waals surface area contributed by atoms with Crippen LogP contribution in [0.2, 0.25) is 0 Å². The summed E-state index contributed by atoms with van der Waals surface area (Å²) < 4.78 is 9.14. The van der Waals surface area contributed by atoms with Gasteiger partial charge in [0, 0.05) is 43.9 Å². The minimum atomic E-state index is 0.875. The van der Waals surface area contributed by atoms with Gasteiger partial charge >= 0.3 is 0 Å². The van der Waals surface area contributed by atoms with Crippen LogP contribution in [0.3, 0.4) is 0 Å². The molecule has 3 nitrogen and oxygen atoms in total. The molecule has 0 saturated heterocycles. The molecule has 0 aliphatic rings. The number of rotatable bonds is 11. The van der Waals surface area contributed by atoms with E-state index in [0.29, 0.717) is 0 Å². The van der Waals surface area contributed by atoms with Crippen molar-refractivity contribution in [2.45, 2.75) is 0 Å². The molecule has 0 fully saturated rings. The molecule has 0 unspecified atom stereocenters. The van der Waals surface area contributed by atoms with E-state index in [2.05, 4.69) is 314 Å². The first-order valence-electron chi connectivity index (χ1n) is 29.4. The van der Waals surface area contributed by atoms with E-state index in [0.717, 1.165) is 106 Å². The van der Waals surface area contributed by atoms with Crippen molar-refractivity contribution < 1.29 is 4.42 Å². The first-order chi connectivity index (χ1) is 42.6. The van der Waals surface area contributed by atoms with Gasteiger partial charge < -0.3 is 8.98 Å². The van der Waals surface area contributed by atoms with E-state index in [1.54, 1.807) is 0 Å². The molecule has 0 N–H and O–H groups in total. The number of fused-ring (bicyclic) bond motifs is 6. The summed E-state index contributed by atoms with van der Waals surface area (Å²) in [7, 11) is 0. The van der Waals surface area contributed by atoms with E-state index in [9.17, 15) is 0 Å². The van der Waals surface area contributed by atoms with E-state index in [1.807, 2.05) is 18.2 Å². The SMILES string of the molecule is c1ccc(-c2cccc(-c3cccc(-c4ccc5c(c4)c4ccccc4n5-c4ccc(-c5cccc(-c6cc(-c7ccc(-c8cccc(-c9cc(-c%10ccccc%10)nc(-c%10ccccc%10)c9)c8)cc7)c7oc8ccccc8c7c6)c5)cc4)c3)c2)cc1. The third kappa shape index (κ3) is 9.34. The van der Waals surface area contributed by atoms with Gasteiger partial charge in [-0.05, 0) is 168 Å². The molecule has 0 atom stereocenters. The van der Waals surface area contributed by atoms with Crippen molar-refractivity contribution in [3.05, 3.63) is 328 Å². The maximum absolute atomic E-state index is 6.73. The Morgan fingerprint density at radius 2 is 0.593 bits per heavy atom. The molecule has 13 aromatic carbocycles. The first-order valence-corrected chi connectivity index (χ1v) is 29.4. The van der Waals surface area contributed by atoms with Gasteiger partial charge in [-0.1, -0.05) is 243 Å². The maximum Gasteiger partial charge on any atom is 0.143 e. The molecule has 0 amide bonds. The molecule has 402 valence electrons. The molecular weight excluding hydrogens is 1040 g/mol. The van der Waals surface area contributed by atoms with Crippen molar-refractivity contribution in [2.24, 2.45) is 0 Å². The van der Waals surface area contributed by atoms with Gasteiger partial charge in [-0.3, -0.25) is 0 Å². The smallest absolute Gasteiger partial charge is 0.143 e. The summed E-state index contributed by atoms with van der Waals surface area (Å²) in [6, 6.07) is 118. The van der Waals surface area contributed by atoms with Crippen LogP contribution in [-0.2, 0) is 0 Å². The van der Waals surface area contributed by atoms with E-state index in [1.165, 1.54) is 55.2 Å². The number of hydrogen-bond donors (Lipinski definition) is 0. The Bertz CT molecular complexity index is 5130. The average molecular weight is 1100 g/mol. The topological polar surface area (TPSA) is 31.0 Å². The molecule has 0 spiro atoms. The van der Waals surface area contributed by atoms with Gasteiger partial charge in [0.15, 0.2) is 0 Å². The summed E-state index contributed by atoms with van der Waals surface area (Å²) in [4.78, 5) is 5.14.